The van der Waals surface area contributed by atoms with E-state index in [2.05, 4.69) is 5.32 Å². The lowest BCUT2D eigenvalue weighted by molar-refractivity contribution is 0.0998. The summed E-state index contributed by atoms with van der Waals surface area (Å²) in [5.41, 5.74) is 11.5. The molecule has 0 heterocycles. The SMILES string of the molecule is NC(=O)c1ccc(NC(=O)c2cc(N)ccc2F)cc1. The second kappa shape index (κ2) is 5.40. The van der Waals surface area contributed by atoms with Crippen LogP contribution in [0, 0.1) is 5.82 Å². The lowest BCUT2D eigenvalue weighted by Gasteiger charge is -2.07. The first kappa shape index (κ1) is 13.5. The monoisotopic (exact) mass is 273 g/mol. The summed E-state index contributed by atoms with van der Waals surface area (Å²) in [6, 6.07) is 9.68. The number of nitrogens with two attached hydrogens (primary N) is 2. The predicted octanol–water partition coefficient (Wildman–Crippen LogP) is 1.76. The van der Waals surface area contributed by atoms with Crippen LogP contribution in [0.2, 0.25) is 0 Å². The summed E-state index contributed by atoms with van der Waals surface area (Å²) in [4.78, 5) is 22.8. The predicted molar refractivity (Wildman–Crippen MR) is 73.7 cm³/mol. The van der Waals surface area contributed by atoms with E-state index in [9.17, 15) is 14.0 Å². The highest BCUT2D eigenvalue weighted by Crippen LogP contribution is 2.15. The van der Waals surface area contributed by atoms with Gasteiger partial charge in [-0.05, 0) is 42.5 Å². The lowest BCUT2D eigenvalue weighted by Crippen LogP contribution is -2.15. The average Bonchev–Trinajstić information content (AvgIpc) is 2.42. The normalized spacial score (nSPS) is 10.1. The van der Waals surface area contributed by atoms with Gasteiger partial charge in [0.25, 0.3) is 5.91 Å². The molecule has 2 rings (SSSR count). The summed E-state index contributed by atoms with van der Waals surface area (Å²) in [5.74, 6) is -1.85. The van der Waals surface area contributed by atoms with E-state index < -0.39 is 17.6 Å². The van der Waals surface area contributed by atoms with E-state index in [0.717, 1.165) is 6.07 Å². The molecule has 102 valence electrons. The van der Waals surface area contributed by atoms with Crippen LogP contribution in [-0.2, 0) is 0 Å². The topological polar surface area (TPSA) is 98.2 Å². The number of amides is 2. The number of anilines is 2. The van der Waals surface area contributed by atoms with Crippen molar-refractivity contribution < 1.29 is 14.0 Å². The molecule has 6 heteroatoms. The van der Waals surface area contributed by atoms with Gasteiger partial charge >= 0.3 is 0 Å². The number of rotatable bonds is 3. The fourth-order valence-corrected chi connectivity index (χ4v) is 1.63. The summed E-state index contributed by atoms with van der Waals surface area (Å²) in [5, 5.41) is 2.51. The van der Waals surface area contributed by atoms with Gasteiger partial charge in [-0.1, -0.05) is 0 Å². The summed E-state index contributed by atoms with van der Waals surface area (Å²) in [6.07, 6.45) is 0. The summed E-state index contributed by atoms with van der Waals surface area (Å²) >= 11 is 0. The van der Waals surface area contributed by atoms with Crippen LogP contribution in [-0.4, -0.2) is 11.8 Å². The Hall–Kier alpha value is -2.89. The van der Waals surface area contributed by atoms with Gasteiger partial charge in [0.15, 0.2) is 0 Å². The summed E-state index contributed by atoms with van der Waals surface area (Å²) in [6.45, 7) is 0. The van der Waals surface area contributed by atoms with E-state index in [1.165, 1.54) is 36.4 Å². The number of carbonyl (C=O) groups is 2. The minimum absolute atomic E-state index is 0.149. The highest BCUT2D eigenvalue weighted by Gasteiger charge is 2.12. The molecule has 2 aromatic carbocycles. The molecule has 5 nitrogen and oxygen atoms in total. The zero-order chi connectivity index (χ0) is 14.7. The van der Waals surface area contributed by atoms with Crippen molar-refractivity contribution >= 4 is 23.2 Å². The van der Waals surface area contributed by atoms with Crippen molar-refractivity contribution in [2.45, 2.75) is 0 Å². The van der Waals surface area contributed by atoms with Gasteiger partial charge in [0, 0.05) is 16.9 Å². The van der Waals surface area contributed by atoms with Crippen LogP contribution in [0.15, 0.2) is 42.5 Å². The first-order valence-electron chi connectivity index (χ1n) is 5.73. The smallest absolute Gasteiger partial charge is 0.258 e. The molecule has 0 bridgehead atoms. The molecule has 5 N–H and O–H groups in total. The Kier molecular flexibility index (Phi) is 3.65. The van der Waals surface area contributed by atoms with E-state index in [1.807, 2.05) is 0 Å². The molecule has 0 aliphatic rings. The summed E-state index contributed by atoms with van der Waals surface area (Å²) in [7, 11) is 0. The van der Waals surface area contributed by atoms with E-state index in [-0.39, 0.29) is 5.56 Å². The molecular formula is C14H12FN3O2. The van der Waals surface area contributed by atoms with Gasteiger partial charge < -0.3 is 16.8 Å². The number of hydrogen-bond donors (Lipinski definition) is 3. The standard InChI is InChI=1S/C14H12FN3O2/c15-12-6-3-9(16)7-11(12)14(20)18-10-4-1-8(2-5-10)13(17)19/h1-7H,16H2,(H2,17,19)(H,18,20). The van der Waals surface area contributed by atoms with Gasteiger partial charge in [-0.25, -0.2) is 4.39 Å². The molecule has 0 unspecified atom stereocenters. The van der Waals surface area contributed by atoms with Crippen LogP contribution in [0.1, 0.15) is 20.7 Å². The quantitative estimate of drug-likeness (QED) is 0.743. The third kappa shape index (κ3) is 2.92. The Morgan fingerprint density at radius 3 is 2.30 bits per heavy atom. The lowest BCUT2D eigenvalue weighted by atomic mass is 10.1. The minimum atomic E-state index is -0.662. The second-order valence-corrected chi connectivity index (χ2v) is 4.14. The fraction of sp³-hybridized carbons (Fsp3) is 0. The third-order valence-electron chi connectivity index (χ3n) is 2.66. The minimum Gasteiger partial charge on any atom is -0.399 e. The van der Waals surface area contributed by atoms with Gasteiger partial charge in [0.05, 0.1) is 5.56 Å². The number of carbonyl (C=O) groups excluding carboxylic acids is 2. The highest BCUT2D eigenvalue weighted by molar-refractivity contribution is 6.05. The van der Waals surface area contributed by atoms with Crippen LogP contribution < -0.4 is 16.8 Å². The number of nitrogen functional groups attached to an aromatic ring is 1. The van der Waals surface area contributed by atoms with E-state index in [0.29, 0.717) is 16.9 Å². The molecule has 0 aromatic heterocycles. The molecule has 0 aliphatic heterocycles. The molecule has 0 atom stereocenters. The Bertz CT molecular complexity index is 669. The van der Waals surface area contributed by atoms with Crippen LogP contribution in [0.4, 0.5) is 15.8 Å². The molecule has 0 radical (unpaired) electrons. The molecule has 0 spiro atoms. The van der Waals surface area contributed by atoms with Crippen LogP contribution in [0.25, 0.3) is 0 Å². The molecule has 2 amide bonds. The number of nitrogens with one attached hydrogen (secondary N) is 1. The second-order valence-electron chi connectivity index (χ2n) is 4.14. The summed E-state index contributed by atoms with van der Waals surface area (Å²) < 4.78 is 13.5. The van der Waals surface area contributed by atoms with Crippen LogP contribution >= 0.6 is 0 Å². The van der Waals surface area contributed by atoms with Crippen molar-refractivity contribution in [1.29, 1.82) is 0 Å². The zero-order valence-electron chi connectivity index (χ0n) is 10.4. The first-order chi connectivity index (χ1) is 9.47. The molecule has 20 heavy (non-hydrogen) atoms. The van der Waals surface area contributed by atoms with E-state index in [4.69, 9.17) is 11.5 Å². The van der Waals surface area contributed by atoms with E-state index >= 15 is 0 Å². The Balaban J connectivity index is 2.19. The van der Waals surface area contributed by atoms with Gasteiger partial charge in [0.2, 0.25) is 5.91 Å². The molecule has 2 aromatic rings. The first-order valence-corrected chi connectivity index (χ1v) is 5.73. The molecule has 0 fully saturated rings. The molecule has 0 saturated carbocycles. The maximum absolute atomic E-state index is 13.5. The van der Waals surface area contributed by atoms with Gasteiger partial charge in [-0.2, -0.15) is 0 Å². The molecule has 0 saturated heterocycles. The Morgan fingerprint density at radius 1 is 1.05 bits per heavy atom. The average molecular weight is 273 g/mol. The van der Waals surface area contributed by atoms with E-state index in [1.54, 1.807) is 0 Å². The maximum Gasteiger partial charge on any atom is 0.258 e. The van der Waals surface area contributed by atoms with Crippen molar-refractivity contribution in [2.24, 2.45) is 5.73 Å². The van der Waals surface area contributed by atoms with Crippen molar-refractivity contribution in [1.82, 2.24) is 0 Å². The van der Waals surface area contributed by atoms with Crippen molar-refractivity contribution in [3.63, 3.8) is 0 Å². The number of hydrogen-bond acceptors (Lipinski definition) is 3. The maximum atomic E-state index is 13.5. The van der Waals surface area contributed by atoms with Gasteiger partial charge in [-0.15, -0.1) is 0 Å². The van der Waals surface area contributed by atoms with Crippen molar-refractivity contribution in [2.75, 3.05) is 11.1 Å². The Labute approximate surface area is 114 Å². The molecule has 0 aliphatic carbocycles. The number of halogens is 1. The number of benzene rings is 2. The largest absolute Gasteiger partial charge is 0.399 e. The van der Waals surface area contributed by atoms with Crippen LogP contribution in [0.3, 0.4) is 0 Å². The van der Waals surface area contributed by atoms with Gasteiger partial charge in [0.1, 0.15) is 5.82 Å². The number of primary amides is 1. The molecular weight excluding hydrogens is 261 g/mol. The fourth-order valence-electron chi connectivity index (χ4n) is 1.63. The van der Waals surface area contributed by atoms with Crippen molar-refractivity contribution in [3.05, 3.63) is 59.4 Å². The highest BCUT2D eigenvalue weighted by atomic mass is 19.1. The zero-order valence-corrected chi connectivity index (χ0v) is 10.4. The van der Waals surface area contributed by atoms with Crippen molar-refractivity contribution in [3.8, 4) is 0 Å². The van der Waals surface area contributed by atoms with Crippen LogP contribution in [0.5, 0.6) is 0 Å². The van der Waals surface area contributed by atoms with Gasteiger partial charge in [-0.3, -0.25) is 9.59 Å². The Morgan fingerprint density at radius 2 is 1.70 bits per heavy atom. The third-order valence-corrected chi connectivity index (χ3v) is 2.66.